The number of hydrogen-bond acceptors (Lipinski definition) is 3. The fourth-order valence-electron chi connectivity index (χ4n) is 5.12. The van der Waals surface area contributed by atoms with E-state index in [1.165, 1.54) is 11.1 Å². The highest BCUT2D eigenvalue weighted by atomic mass is 16.5. The SMILES string of the molecule is COc1ccc2c(c1)[C@]13CCN(C)[C@H](C2)[C@@H]1CCC(=O)C3. The minimum absolute atomic E-state index is 0.0780. The summed E-state index contributed by atoms with van der Waals surface area (Å²) >= 11 is 0. The van der Waals surface area contributed by atoms with Gasteiger partial charge in [0.05, 0.1) is 7.11 Å². The zero-order valence-electron chi connectivity index (χ0n) is 12.9. The molecular formula is C18H23NO2. The first kappa shape index (κ1) is 13.3. The maximum Gasteiger partial charge on any atom is 0.133 e. The lowest BCUT2D eigenvalue weighted by Crippen LogP contribution is -2.60. The number of rotatable bonds is 1. The summed E-state index contributed by atoms with van der Waals surface area (Å²) < 4.78 is 5.45. The van der Waals surface area contributed by atoms with E-state index in [-0.39, 0.29) is 5.41 Å². The Morgan fingerprint density at radius 2 is 2.24 bits per heavy atom. The molecule has 2 bridgehead atoms. The van der Waals surface area contributed by atoms with Crippen LogP contribution in [0.2, 0.25) is 0 Å². The van der Waals surface area contributed by atoms with Crippen molar-refractivity contribution in [2.24, 2.45) is 5.92 Å². The van der Waals surface area contributed by atoms with Gasteiger partial charge in [0.25, 0.3) is 0 Å². The van der Waals surface area contributed by atoms with Gasteiger partial charge in [0, 0.05) is 24.3 Å². The van der Waals surface area contributed by atoms with Crippen molar-refractivity contribution in [3.05, 3.63) is 29.3 Å². The summed E-state index contributed by atoms with van der Waals surface area (Å²) in [5.41, 5.74) is 2.91. The van der Waals surface area contributed by atoms with Crippen molar-refractivity contribution in [3.8, 4) is 5.75 Å². The molecule has 0 unspecified atom stereocenters. The highest BCUT2D eigenvalue weighted by Gasteiger charge is 2.54. The highest BCUT2D eigenvalue weighted by molar-refractivity contribution is 5.81. The normalized spacial score (nSPS) is 35.0. The van der Waals surface area contributed by atoms with E-state index in [0.29, 0.717) is 17.7 Å². The first-order valence-corrected chi connectivity index (χ1v) is 8.03. The van der Waals surface area contributed by atoms with Crippen LogP contribution in [-0.2, 0) is 16.6 Å². The van der Waals surface area contributed by atoms with Crippen LogP contribution in [-0.4, -0.2) is 37.4 Å². The number of nitrogens with zero attached hydrogens (tertiary/aromatic N) is 1. The van der Waals surface area contributed by atoms with E-state index in [9.17, 15) is 4.79 Å². The second kappa shape index (κ2) is 4.57. The van der Waals surface area contributed by atoms with Crippen LogP contribution < -0.4 is 4.74 Å². The lowest BCUT2D eigenvalue weighted by atomic mass is 9.52. The predicted molar refractivity (Wildman–Crippen MR) is 81.8 cm³/mol. The Labute approximate surface area is 126 Å². The predicted octanol–water partition coefficient (Wildman–Crippen LogP) is 2.56. The van der Waals surface area contributed by atoms with E-state index < -0.39 is 0 Å². The molecular weight excluding hydrogens is 262 g/mol. The number of carbonyl (C=O) groups excluding carboxylic acids is 1. The number of carbonyl (C=O) groups is 1. The van der Waals surface area contributed by atoms with E-state index in [1.54, 1.807) is 7.11 Å². The van der Waals surface area contributed by atoms with Crippen molar-refractivity contribution in [2.45, 2.75) is 43.6 Å². The summed E-state index contributed by atoms with van der Waals surface area (Å²) in [6.45, 7) is 1.10. The van der Waals surface area contributed by atoms with Gasteiger partial charge in [-0.2, -0.15) is 0 Å². The number of fused-ring (bicyclic) bond motifs is 1. The van der Waals surface area contributed by atoms with Crippen molar-refractivity contribution in [1.29, 1.82) is 0 Å². The Morgan fingerprint density at radius 3 is 3.05 bits per heavy atom. The zero-order chi connectivity index (χ0) is 14.6. The molecule has 21 heavy (non-hydrogen) atoms. The molecule has 2 fully saturated rings. The zero-order valence-corrected chi connectivity index (χ0v) is 12.9. The van der Waals surface area contributed by atoms with Gasteiger partial charge in [-0.25, -0.2) is 0 Å². The van der Waals surface area contributed by atoms with E-state index in [1.807, 2.05) is 0 Å². The van der Waals surface area contributed by atoms with Gasteiger partial charge in [-0.3, -0.25) is 4.79 Å². The molecule has 1 aromatic rings. The largest absolute Gasteiger partial charge is 0.497 e. The fraction of sp³-hybridized carbons (Fsp3) is 0.611. The van der Waals surface area contributed by atoms with Crippen LogP contribution in [0.3, 0.4) is 0 Å². The van der Waals surface area contributed by atoms with E-state index in [4.69, 9.17) is 4.74 Å². The first-order chi connectivity index (χ1) is 10.1. The van der Waals surface area contributed by atoms with Crippen molar-refractivity contribution in [2.75, 3.05) is 20.7 Å². The molecule has 3 heteroatoms. The topological polar surface area (TPSA) is 29.5 Å². The molecule has 3 atom stereocenters. The van der Waals surface area contributed by atoms with Crippen molar-refractivity contribution in [1.82, 2.24) is 4.90 Å². The number of ketones is 1. The van der Waals surface area contributed by atoms with Crippen LogP contribution in [0, 0.1) is 5.92 Å². The van der Waals surface area contributed by atoms with E-state index >= 15 is 0 Å². The first-order valence-electron chi connectivity index (χ1n) is 8.03. The maximum atomic E-state index is 12.2. The van der Waals surface area contributed by atoms with Crippen LogP contribution in [0.5, 0.6) is 5.75 Å². The average molecular weight is 285 g/mol. The van der Waals surface area contributed by atoms with Crippen LogP contribution >= 0.6 is 0 Å². The number of benzene rings is 1. The Balaban J connectivity index is 1.90. The molecule has 4 rings (SSSR count). The third-order valence-corrected chi connectivity index (χ3v) is 6.18. The number of piperidine rings is 1. The number of likely N-dealkylation sites (tertiary alicyclic amines) is 1. The molecule has 1 aromatic carbocycles. The Hall–Kier alpha value is -1.35. The fourth-order valence-corrected chi connectivity index (χ4v) is 5.12. The lowest BCUT2D eigenvalue weighted by Gasteiger charge is -2.58. The van der Waals surface area contributed by atoms with Gasteiger partial charge in [0.2, 0.25) is 0 Å². The molecule has 0 spiro atoms. The molecule has 1 saturated carbocycles. The lowest BCUT2D eigenvalue weighted by molar-refractivity contribution is -0.126. The van der Waals surface area contributed by atoms with Gasteiger partial charge in [0.15, 0.2) is 0 Å². The monoisotopic (exact) mass is 285 g/mol. The van der Waals surface area contributed by atoms with E-state index in [2.05, 4.69) is 30.1 Å². The standard InChI is InChI=1S/C18H23NO2/c1-19-8-7-18-11-13(20)4-6-15(18)17(19)9-12-3-5-14(21-2)10-16(12)18/h3,5,10,15,17H,4,6-9,11H2,1-2H3/t15-,17+,18-/m0/s1. The number of ether oxygens (including phenoxy) is 1. The molecule has 1 heterocycles. The minimum atomic E-state index is 0.0780. The third kappa shape index (κ3) is 1.80. The molecule has 1 saturated heterocycles. The van der Waals surface area contributed by atoms with Gasteiger partial charge in [0.1, 0.15) is 11.5 Å². The molecule has 0 N–H and O–H groups in total. The number of likely N-dealkylation sites (N-methyl/N-ethyl adjacent to an activating group) is 1. The summed E-state index contributed by atoms with van der Waals surface area (Å²) in [5, 5.41) is 0. The summed E-state index contributed by atoms with van der Waals surface area (Å²) in [7, 11) is 3.97. The maximum absolute atomic E-state index is 12.2. The second-order valence-corrected chi connectivity index (χ2v) is 7.04. The number of hydrogen-bond donors (Lipinski definition) is 0. The van der Waals surface area contributed by atoms with Crippen molar-refractivity contribution < 1.29 is 9.53 Å². The smallest absolute Gasteiger partial charge is 0.133 e. The highest BCUT2D eigenvalue weighted by Crippen LogP contribution is 2.55. The van der Waals surface area contributed by atoms with Gasteiger partial charge >= 0.3 is 0 Å². The molecule has 2 aliphatic carbocycles. The molecule has 1 aliphatic heterocycles. The second-order valence-electron chi connectivity index (χ2n) is 7.04. The van der Waals surface area contributed by atoms with Gasteiger partial charge in [-0.05, 0) is 62.0 Å². The number of methoxy groups -OCH3 is 1. The summed E-state index contributed by atoms with van der Waals surface area (Å²) in [4.78, 5) is 14.7. The van der Waals surface area contributed by atoms with Crippen LogP contribution in [0.1, 0.15) is 36.8 Å². The Kier molecular flexibility index (Phi) is 2.90. The van der Waals surface area contributed by atoms with E-state index in [0.717, 1.165) is 44.4 Å². The van der Waals surface area contributed by atoms with Gasteiger partial charge in [-0.15, -0.1) is 0 Å². The van der Waals surface area contributed by atoms with Crippen molar-refractivity contribution >= 4 is 5.78 Å². The third-order valence-electron chi connectivity index (χ3n) is 6.18. The molecule has 0 amide bonds. The summed E-state index contributed by atoms with van der Waals surface area (Å²) in [5.74, 6) is 2.01. The Morgan fingerprint density at radius 1 is 1.38 bits per heavy atom. The Bertz CT molecular complexity index is 597. The average Bonchev–Trinajstić information content (AvgIpc) is 2.50. The molecule has 112 valence electrons. The summed E-state index contributed by atoms with van der Waals surface area (Å²) in [6, 6.07) is 7.10. The van der Waals surface area contributed by atoms with Crippen LogP contribution in [0.15, 0.2) is 18.2 Å². The molecule has 3 aliphatic rings. The van der Waals surface area contributed by atoms with Crippen molar-refractivity contribution in [3.63, 3.8) is 0 Å². The summed E-state index contributed by atoms with van der Waals surface area (Å²) in [6.07, 6.45) is 4.80. The number of Topliss-reactive ketones (excluding diaryl/α,β-unsaturated/α-hetero) is 1. The minimum Gasteiger partial charge on any atom is -0.497 e. The van der Waals surface area contributed by atoms with Crippen LogP contribution in [0.4, 0.5) is 0 Å². The molecule has 0 radical (unpaired) electrons. The van der Waals surface area contributed by atoms with Gasteiger partial charge < -0.3 is 9.64 Å². The van der Waals surface area contributed by atoms with Crippen LogP contribution in [0.25, 0.3) is 0 Å². The molecule has 3 nitrogen and oxygen atoms in total. The quantitative estimate of drug-likeness (QED) is 0.794. The van der Waals surface area contributed by atoms with Gasteiger partial charge in [-0.1, -0.05) is 6.07 Å². The molecule has 0 aromatic heterocycles.